The Balaban J connectivity index is 4.37. The van der Waals surface area contributed by atoms with E-state index in [4.69, 9.17) is 0 Å². The summed E-state index contributed by atoms with van der Waals surface area (Å²) in [6.07, 6.45) is 19.0. The molecule has 0 spiro atoms. The first kappa shape index (κ1) is 28.9. The lowest BCUT2D eigenvalue weighted by Crippen LogP contribution is -2.59. The topological polar surface area (TPSA) is 54.4 Å². The molecule has 0 saturated heterocycles. The molecule has 0 saturated carbocycles. The first-order valence-corrected chi connectivity index (χ1v) is 14.2. The van der Waals surface area contributed by atoms with Gasteiger partial charge in [0.1, 0.15) is 0 Å². The van der Waals surface area contributed by atoms with Crippen molar-refractivity contribution < 1.29 is 17.5 Å². The van der Waals surface area contributed by atoms with Crippen LogP contribution in [0.3, 0.4) is 0 Å². The van der Waals surface area contributed by atoms with E-state index in [2.05, 4.69) is 20.8 Å². The lowest BCUT2D eigenvalue weighted by molar-refractivity contribution is -0.939. The summed E-state index contributed by atoms with van der Waals surface area (Å²) in [5.74, 6) is 0. The fourth-order valence-corrected chi connectivity index (χ4v) is 6.29. The second-order valence-corrected chi connectivity index (χ2v) is 10.6. The highest BCUT2D eigenvalue weighted by atomic mass is 32.2. The van der Waals surface area contributed by atoms with Crippen molar-refractivity contribution in [2.75, 3.05) is 19.6 Å². The molecule has 0 aliphatic heterocycles. The Morgan fingerprint density at radius 1 is 0.586 bits per heavy atom. The predicted molar refractivity (Wildman–Crippen MR) is 127 cm³/mol. The Morgan fingerprint density at radius 3 is 1.34 bits per heavy atom. The van der Waals surface area contributed by atoms with Gasteiger partial charge in [-0.15, -0.1) is 0 Å². The lowest BCUT2D eigenvalue weighted by atomic mass is 10.0. The van der Waals surface area contributed by atoms with E-state index in [0.29, 0.717) is 10.9 Å². The van der Waals surface area contributed by atoms with Crippen LogP contribution in [0.15, 0.2) is 0 Å². The van der Waals surface area contributed by atoms with Crippen LogP contribution in [0.5, 0.6) is 0 Å². The summed E-state index contributed by atoms with van der Waals surface area (Å²) < 4.78 is 34.9. The summed E-state index contributed by atoms with van der Waals surface area (Å²) in [4.78, 5) is 0. The van der Waals surface area contributed by atoms with Crippen molar-refractivity contribution in [2.45, 2.75) is 136 Å². The van der Waals surface area contributed by atoms with Gasteiger partial charge in [0.05, 0.1) is 19.6 Å². The standard InChI is InChI=1S/C24H51NO3S/c1-5-9-10-11-12-13-14-15-16-17-18-19-23-25(21-7-3,22-8-4)24(20-6-2)29(26,27)28/h24H,5-23H2,1-4H3/p+1. The molecule has 1 unspecified atom stereocenters. The average molecular weight is 435 g/mol. The van der Waals surface area contributed by atoms with Gasteiger partial charge < -0.3 is 4.48 Å². The van der Waals surface area contributed by atoms with E-state index >= 15 is 0 Å². The minimum Gasteiger partial charge on any atom is -0.307 e. The van der Waals surface area contributed by atoms with Gasteiger partial charge in [-0.1, -0.05) is 91.9 Å². The summed E-state index contributed by atoms with van der Waals surface area (Å²) in [6.45, 7) is 11.1. The Morgan fingerprint density at radius 2 is 1.00 bits per heavy atom. The van der Waals surface area contributed by atoms with Crippen LogP contribution in [0.4, 0.5) is 0 Å². The fourth-order valence-electron chi connectivity index (χ4n) is 4.88. The quantitative estimate of drug-likeness (QED) is 0.117. The van der Waals surface area contributed by atoms with E-state index in [1.165, 1.54) is 70.6 Å². The maximum atomic E-state index is 12.2. The van der Waals surface area contributed by atoms with Crippen LogP contribution in [0, 0.1) is 0 Å². The average Bonchev–Trinajstić information content (AvgIpc) is 2.66. The molecule has 29 heavy (non-hydrogen) atoms. The maximum absolute atomic E-state index is 12.2. The summed E-state index contributed by atoms with van der Waals surface area (Å²) in [6, 6.07) is 0. The van der Waals surface area contributed by atoms with Crippen molar-refractivity contribution in [1.82, 2.24) is 0 Å². The molecule has 176 valence electrons. The zero-order valence-corrected chi connectivity index (χ0v) is 20.9. The monoisotopic (exact) mass is 434 g/mol. The van der Waals surface area contributed by atoms with E-state index in [0.717, 1.165) is 45.3 Å². The van der Waals surface area contributed by atoms with Crippen LogP contribution >= 0.6 is 0 Å². The Bertz CT molecular complexity index is 459. The zero-order chi connectivity index (χ0) is 22.0. The SMILES string of the molecule is CCCCCCCCCCCCCC[N+](CCC)(CCC)C(CCC)S(=O)(=O)O. The molecule has 0 amide bonds. The summed E-state index contributed by atoms with van der Waals surface area (Å²) in [5, 5.41) is -0.653. The molecule has 0 fully saturated rings. The Hall–Kier alpha value is -0.130. The van der Waals surface area contributed by atoms with Crippen molar-refractivity contribution in [3.05, 3.63) is 0 Å². The van der Waals surface area contributed by atoms with Gasteiger partial charge in [0, 0.05) is 6.42 Å². The molecule has 0 aromatic rings. The van der Waals surface area contributed by atoms with Gasteiger partial charge in [-0.05, 0) is 32.1 Å². The van der Waals surface area contributed by atoms with Gasteiger partial charge in [-0.25, -0.2) is 0 Å². The molecular formula is C24H52NO3S+. The maximum Gasteiger partial charge on any atom is 0.319 e. The number of hydrogen-bond donors (Lipinski definition) is 1. The lowest BCUT2D eigenvalue weighted by Gasteiger charge is -2.43. The molecule has 0 radical (unpaired) electrons. The van der Waals surface area contributed by atoms with Crippen molar-refractivity contribution in [1.29, 1.82) is 0 Å². The van der Waals surface area contributed by atoms with Crippen molar-refractivity contribution in [3.63, 3.8) is 0 Å². The highest BCUT2D eigenvalue weighted by Gasteiger charge is 2.42. The van der Waals surface area contributed by atoms with E-state index in [9.17, 15) is 13.0 Å². The van der Waals surface area contributed by atoms with Crippen LogP contribution in [0.1, 0.15) is 130 Å². The molecule has 0 bridgehead atoms. The van der Waals surface area contributed by atoms with Gasteiger partial charge >= 0.3 is 10.1 Å². The molecule has 0 aromatic carbocycles. The van der Waals surface area contributed by atoms with Crippen LogP contribution < -0.4 is 0 Å². The second-order valence-electron chi connectivity index (χ2n) is 9.04. The highest BCUT2D eigenvalue weighted by Crippen LogP contribution is 2.26. The van der Waals surface area contributed by atoms with E-state index in [1.807, 2.05) is 6.92 Å². The van der Waals surface area contributed by atoms with E-state index in [-0.39, 0.29) is 0 Å². The van der Waals surface area contributed by atoms with Crippen LogP contribution in [-0.2, 0) is 10.1 Å². The van der Waals surface area contributed by atoms with Crippen molar-refractivity contribution in [3.8, 4) is 0 Å². The molecular weight excluding hydrogens is 382 g/mol. The van der Waals surface area contributed by atoms with Crippen LogP contribution in [0.2, 0.25) is 0 Å². The smallest absolute Gasteiger partial charge is 0.307 e. The van der Waals surface area contributed by atoms with Gasteiger partial charge in [-0.2, -0.15) is 8.42 Å². The van der Waals surface area contributed by atoms with Gasteiger partial charge in [-0.3, -0.25) is 4.55 Å². The Labute approximate surface area is 183 Å². The molecule has 0 aliphatic rings. The van der Waals surface area contributed by atoms with Crippen LogP contribution in [-0.4, -0.2) is 42.5 Å². The van der Waals surface area contributed by atoms with Gasteiger partial charge in [0.25, 0.3) is 0 Å². The molecule has 1 N–H and O–H groups in total. The number of quaternary nitrogens is 1. The fraction of sp³-hybridized carbons (Fsp3) is 1.00. The van der Waals surface area contributed by atoms with Gasteiger partial charge in [0.2, 0.25) is 5.37 Å². The number of nitrogens with zero attached hydrogens (tertiary/aromatic N) is 1. The Kier molecular flexibility index (Phi) is 17.5. The summed E-state index contributed by atoms with van der Waals surface area (Å²) in [7, 11) is -4.02. The minimum absolute atomic E-state index is 0.553. The third kappa shape index (κ3) is 13.0. The molecule has 1 atom stereocenters. The largest absolute Gasteiger partial charge is 0.319 e. The van der Waals surface area contributed by atoms with Crippen LogP contribution in [0.25, 0.3) is 0 Å². The molecule has 4 nitrogen and oxygen atoms in total. The normalized spacial score (nSPS) is 13.7. The molecule has 0 aromatic heterocycles. The predicted octanol–water partition coefficient (Wildman–Crippen LogP) is 7.34. The third-order valence-corrected chi connectivity index (χ3v) is 7.66. The third-order valence-electron chi connectivity index (χ3n) is 6.29. The van der Waals surface area contributed by atoms with E-state index in [1.54, 1.807) is 0 Å². The number of hydrogen-bond acceptors (Lipinski definition) is 2. The van der Waals surface area contributed by atoms with E-state index < -0.39 is 15.5 Å². The number of rotatable bonds is 21. The van der Waals surface area contributed by atoms with Crippen molar-refractivity contribution >= 4 is 10.1 Å². The minimum atomic E-state index is -4.02. The first-order valence-electron chi connectivity index (χ1n) is 12.7. The molecule has 0 aliphatic carbocycles. The molecule has 0 heterocycles. The zero-order valence-electron chi connectivity index (χ0n) is 20.1. The van der Waals surface area contributed by atoms with Gasteiger partial charge in [0.15, 0.2) is 0 Å². The molecule has 0 rings (SSSR count). The second kappa shape index (κ2) is 17.5. The number of unbranched alkanes of at least 4 members (excludes halogenated alkanes) is 11. The van der Waals surface area contributed by atoms with Crippen molar-refractivity contribution in [2.24, 2.45) is 0 Å². The summed E-state index contributed by atoms with van der Waals surface area (Å²) in [5.41, 5.74) is 0. The first-order chi connectivity index (χ1) is 13.9. The summed E-state index contributed by atoms with van der Waals surface area (Å²) >= 11 is 0. The highest BCUT2D eigenvalue weighted by molar-refractivity contribution is 7.86. The molecule has 5 heteroatoms.